The molecular weight excluding hydrogens is 381 g/mol. The molecule has 0 aliphatic rings. The zero-order valence-electron chi connectivity index (χ0n) is 17.3. The van der Waals surface area contributed by atoms with Gasteiger partial charge in [-0.3, -0.25) is 4.79 Å². The first kappa shape index (κ1) is 19.8. The molecule has 2 aromatic carbocycles. The summed E-state index contributed by atoms with van der Waals surface area (Å²) in [6.45, 7) is 6.96. The molecule has 0 bridgehead atoms. The van der Waals surface area contributed by atoms with Gasteiger partial charge in [0.1, 0.15) is 11.6 Å². The van der Waals surface area contributed by atoms with Crippen molar-refractivity contribution in [3.8, 4) is 5.69 Å². The molecule has 1 amide bonds. The van der Waals surface area contributed by atoms with E-state index in [4.69, 9.17) is 0 Å². The first-order valence-corrected chi connectivity index (χ1v) is 9.93. The second-order valence-electron chi connectivity index (χ2n) is 7.36. The Morgan fingerprint density at radius 3 is 2.57 bits per heavy atom. The van der Waals surface area contributed by atoms with Crippen LogP contribution < -0.4 is 5.32 Å². The van der Waals surface area contributed by atoms with E-state index in [1.54, 1.807) is 16.8 Å². The molecule has 7 heteroatoms. The summed E-state index contributed by atoms with van der Waals surface area (Å²) in [5.74, 6) is 0.584. The van der Waals surface area contributed by atoms with Crippen molar-refractivity contribution in [1.82, 2.24) is 24.6 Å². The van der Waals surface area contributed by atoms with Crippen LogP contribution >= 0.6 is 0 Å². The van der Waals surface area contributed by atoms with Crippen LogP contribution in [-0.2, 0) is 17.8 Å². The van der Waals surface area contributed by atoms with E-state index in [1.807, 2.05) is 45.0 Å². The number of amides is 1. The van der Waals surface area contributed by atoms with E-state index in [-0.39, 0.29) is 18.1 Å². The number of carbonyl (C=O) groups is 1. The number of halogens is 1. The SMILES string of the molecule is Cc1nn(-c2ccc(F)cc2)c(C)c1CC(=O)NCCn1c(C)nc2ccccc21. The average molecular weight is 405 g/mol. The Balaban J connectivity index is 1.42. The van der Waals surface area contributed by atoms with Crippen molar-refractivity contribution in [2.75, 3.05) is 6.54 Å². The minimum Gasteiger partial charge on any atom is -0.354 e. The topological polar surface area (TPSA) is 64.7 Å². The number of hydrogen-bond acceptors (Lipinski definition) is 3. The lowest BCUT2D eigenvalue weighted by molar-refractivity contribution is -0.120. The van der Waals surface area contributed by atoms with Gasteiger partial charge in [-0.2, -0.15) is 5.10 Å². The van der Waals surface area contributed by atoms with Gasteiger partial charge in [0, 0.05) is 24.3 Å². The fraction of sp³-hybridized carbons (Fsp3) is 0.261. The third-order valence-electron chi connectivity index (χ3n) is 5.35. The van der Waals surface area contributed by atoms with E-state index < -0.39 is 0 Å². The summed E-state index contributed by atoms with van der Waals surface area (Å²) in [5.41, 5.74) is 5.36. The van der Waals surface area contributed by atoms with Crippen LogP contribution in [0.15, 0.2) is 48.5 Å². The van der Waals surface area contributed by atoms with E-state index in [0.29, 0.717) is 13.1 Å². The van der Waals surface area contributed by atoms with Crippen LogP contribution in [0.25, 0.3) is 16.7 Å². The Hall–Kier alpha value is -3.48. The Morgan fingerprint density at radius 2 is 1.80 bits per heavy atom. The Bertz CT molecular complexity index is 1210. The number of benzene rings is 2. The van der Waals surface area contributed by atoms with Crippen LogP contribution in [0, 0.1) is 26.6 Å². The minimum atomic E-state index is -0.291. The lowest BCUT2D eigenvalue weighted by Gasteiger charge is -2.09. The van der Waals surface area contributed by atoms with Crippen LogP contribution in [-0.4, -0.2) is 31.8 Å². The van der Waals surface area contributed by atoms with Crippen LogP contribution in [0.3, 0.4) is 0 Å². The van der Waals surface area contributed by atoms with Crippen molar-refractivity contribution in [3.05, 3.63) is 77.1 Å². The highest BCUT2D eigenvalue weighted by Gasteiger charge is 2.16. The molecular formula is C23H24FN5O. The van der Waals surface area contributed by atoms with Gasteiger partial charge in [-0.05, 0) is 57.2 Å². The molecule has 0 radical (unpaired) electrons. The maximum absolute atomic E-state index is 13.2. The molecule has 0 spiro atoms. The van der Waals surface area contributed by atoms with Crippen molar-refractivity contribution in [1.29, 1.82) is 0 Å². The fourth-order valence-corrected chi connectivity index (χ4v) is 3.77. The number of fused-ring (bicyclic) bond motifs is 1. The molecule has 2 heterocycles. The van der Waals surface area contributed by atoms with E-state index in [1.165, 1.54) is 12.1 Å². The van der Waals surface area contributed by atoms with Gasteiger partial charge in [0.2, 0.25) is 5.91 Å². The monoisotopic (exact) mass is 405 g/mol. The van der Waals surface area contributed by atoms with Gasteiger partial charge >= 0.3 is 0 Å². The Labute approximate surface area is 174 Å². The first-order valence-electron chi connectivity index (χ1n) is 9.93. The van der Waals surface area contributed by atoms with Gasteiger partial charge in [0.25, 0.3) is 0 Å². The molecule has 2 aromatic heterocycles. The van der Waals surface area contributed by atoms with Crippen LogP contribution in [0.4, 0.5) is 4.39 Å². The third-order valence-corrected chi connectivity index (χ3v) is 5.35. The molecule has 0 aliphatic carbocycles. The molecule has 0 saturated carbocycles. The highest BCUT2D eigenvalue weighted by molar-refractivity contribution is 5.79. The van der Waals surface area contributed by atoms with Gasteiger partial charge in [-0.15, -0.1) is 0 Å². The molecule has 0 atom stereocenters. The molecule has 4 rings (SSSR count). The quantitative estimate of drug-likeness (QED) is 0.533. The predicted octanol–water partition coefficient (Wildman–Crippen LogP) is 3.65. The van der Waals surface area contributed by atoms with E-state index in [2.05, 4.69) is 20.0 Å². The molecule has 0 saturated heterocycles. The number of carbonyl (C=O) groups excluding carboxylic acids is 1. The van der Waals surface area contributed by atoms with Gasteiger partial charge in [-0.1, -0.05) is 12.1 Å². The normalized spacial score (nSPS) is 11.2. The maximum atomic E-state index is 13.2. The van der Waals surface area contributed by atoms with Crippen LogP contribution in [0.5, 0.6) is 0 Å². The van der Waals surface area contributed by atoms with Gasteiger partial charge in [-0.25, -0.2) is 14.1 Å². The number of nitrogens with one attached hydrogen (secondary N) is 1. The molecule has 4 aromatic rings. The van der Waals surface area contributed by atoms with Crippen molar-refractivity contribution in [3.63, 3.8) is 0 Å². The number of para-hydroxylation sites is 2. The number of aromatic nitrogens is 4. The van der Waals surface area contributed by atoms with Crippen LogP contribution in [0.1, 0.15) is 22.8 Å². The summed E-state index contributed by atoms with van der Waals surface area (Å²) in [7, 11) is 0. The predicted molar refractivity (Wildman–Crippen MR) is 114 cm³/mol. The summed E-state index contributed by atoms with van der Waals surface area (Å²) >= 11 is 0. The summed E-state index contributed by atoms with van der Waals surface area (Å²) < 4.78 is 17.1. The molecule has 0 unspecified atom stereocenters. The highest BCUT2D eigenvalue weighted by Crippen LogP contribution is 2.19. The molecule has 1 N–H and O–H groups in total. The van der Waals surface area contributed by atoms with Crippen molar-refractivity contribution < 1.29 is 9.18 Å². The standard InChI is InChI=1S/C23H24FN5O/c1-15-20(16(2)29(27-15)19-10-8-18(24)9-11-19)14-23(30)25-12-13-28-17(3)26-21-6-4-5-7-22(21)28/h4-11H,12-14H2,1-3H3,(H,25,30). The number of imidazole rings is 1. The molecule has 0 aliphatic heterocycles. The van der Waals surface area contributed by atoms with Crippen molar-refractivity contribution in [2.45, 2.75) is 33.7 Å². The van der Waals surface area contributed by atoms with Crippen molar-refractivity contribution >= 4 is 16.9 Å². The lowest BCUT2D eigenvalue weighted by atomic mass is 10.1. The molecule has 30 heavy (non-hydrogen) atoms. The van der Waals surface area contributed by atoms with Gasteiger partial charge in [0.05, 0.1) is 28.8 Å². The second-order valence-corrected chi connectivity index (χ2v) is 7.36. The van der Waals surface area contributed by atoms with Gasteiger partial charge < -0.3 is 9.88 Å². The number of rotatable bonds is 6. The Kier molecular flexibility index (Phi) is 5.35. The van der Waals surface area contributed by atoms with Crippen LogP contribution in [0.2, 0.25) is 0 Å². The molecule has 154 valence electrons. The number of aryl methyl sites for hydroxylation is 2. The molecule has 6 nitrogen and oxygen atoms in total. The summed E-state index contributed by atoms with van der Waals surface area (Å²) in [4.78, 5) is 17.1. The second kappa shape index (κ2) is 8.10. The highest BCUT2D eigenvalue weighted by atomic mass is 19.1. The average Bonchev–Trinajstić information content (AvgIpc) is 3.19. The minimum absolute atomic E-state index is 0.0538. The third kappa shape index (κ3) is 3.83. The zero-order valence-corrected chi connectivity index (χ0v) is 17.3. The van der Waals surface area contributed by atoms with E-state index >= 15 is 0 Å². The van der Waals surface area contributed by atoms with E-state index in [9.17, 15) is 9.18 Å². The lowest BCUT2D eigenvalue weighted by Crippen LogP contribution is -2.29. The fourth-order valence-electron chi connectivity index (χ4n) is 3.77. The zero-order chi connectivity index (χ0) is 21.3. The van der Waals surface area contributed by atoms with E-state index in [0.717, 1.165) is 39.5 Å². The first-order chi connectivity index (χ1) is 14.4. The number of hydrogen-bond donors (Lipinski definition) is 1. The maximum Gasteiger partial charge on any atom is 0.224 e. The van der Waals surface area contributed by atoms with Gasteiger partial charge in [0.15, 0.2) is 0 Å². The Morgan fingerprint density at radius 1 is 1.07 bits per heavy atom. The number of nitrogens with zero attached hydrogens (tertiary/aromatic N) is 4. The summed E-state index contributed by atoms with van der Waals surface area (Å²) in [6, 6.07) is 14.1. The smallest absolute Gasteiger partial charge is 0.224 e. The largest absolute Gasteiger partial charge is 0.354 e. The summed E-state index contributed by atoms with van der Waals surface area (Å²) in [5, 5.41) is 7.53. The molecule has 0 fully saturated rings. The summed E-state index contributed by atoms with van der Waals surface area (Å²) in [6.07, 6.45) is 0.252. The van der Waals surface area contributed by atoms with Crippen molar-refractivity contribution in [2.24, 2.45) is 0 Å².